The number of rotatable bonds is 8. The van der Waals surface area contributed by atoms with E-state index in [-0.39, 0.29) is 23.9 Å². The molecule has 0 bridgehead atoms. The fourth-order valence-corrected chi connectivity index (χ4v) is 4.91. The highest BCUT2D eigenvalue weighted by Crippen LogP contribution is 2.40. The van der Waals surface area contributed by atoms with Crippen molar-refractivity contribution in [2.24, 2.45) is 5.92 Å². The number of phenolic OH excluding ortho intramolecular Hbond substituents is 1. The van der Waals surface area contributed by atoms with Crippen molar-refractivity contribution in [3.05, 3.63) is 65.1 Å². The summed E-state index contributed by atoms with van der Waals surface area (Å²) in [5.74, 6) is 0.726. The predicted octanol–water partition coefficient (Wildman–Crippen LogP) is 3.68. The van der Waals surface area contributed by atoms with Gasteiger partial charge in [0.25, 0.3) is 0 Å². The number of allylic oxidation sites excluding steroid dienone is 3. The zero-order chi connectivity index (χ0) is 20.8. The van der Waals surface area contributed by atoms with Gasteiger partial charge < -0.3 is 20.6 Å². The lowest BCUT2D eigenvalue weighted by molar-refractivity contribution is 0.229. The Morgan fingerprint density at radius 1 is 1.17 bits per heavy atom. The molecule has 4 atom stereocenters. The summed E-state index contributed by atoms with van der Waals surface area (Å²) in [6.07, 6.45) is 10.4. The molecule has 0 spiro atoms. The van der Waals surface area contributed by atoms with E-state index in [1.807, 2.05) is 38.0 Å². The number of benzene rings is 1. The van der Waals surface area contributed by atoms with Gasteiger partial charge in [0, 0.05) is 29.8 Å². The number of carbonyl (C=O) groups excluding carboxylic acids is 1. The Hall–Kier alpha value is -2.18. The van der Waals surface area contributed by atoms with Gasteiger partial charge in [0.2, 0.25) is 0 Å². The number of thioether (sulfide) groups is 1. The predicted molar refractivity (Wildman–Crippen MR) is 121 cm³/mol. The van der Waals surface area contributed by atoms with Crippen molar-refractivity contribution in [2.45, 2.75) is 37.1 Å². The van der Waals surface area contributed by atoms with Gasteiger partial charge in [-0.05, 0) is 57.0 Å². The van der Waals surface area contributed by atoms with E-state index in [0.29, 0.717) is 17.7 Å². The van der Waals surface area contributed by atoms with Crippen LogP contribution in [0.2, 0.25) is 0 Å². The molecule has 3 rings (SSSR count). The van der Waals surface area contributed by atoms with Crippen molar-refractivity contribution in [1.82, 2.24) is 15.5 Å². The van der Waals surface area contributed by atoms with Crippen LogP contribution in [0.3, 0.4) is 0 Å². The van der Waals surface area contributed by atoms with Crippen molar-refractivity contribution in [1.29, 1.82) is 0 Å². The molecule has 1 aliphatic carbocycles. The van der Waals surface area contributed by atoms with Gasteiger partial charge in [-0.2, -0.15) is 0 Å². The van der Waals surface area contributed by atoms with Crippen molar-refractivity contribution >= 4 is 17.8 Å². The molecule has 0 saturated heterocycles. The van der Waals surface area contributed by atoms with E-state index in [1.165, 1.54) is 5.57 Å². The van der Waals surface area contributed by atoms with Crippen LogP contribution in [-0.2, 0) is 6.42 Å². The van der Waals surface area contributed by atoms with Crippen LogP contribution < -0.4 is 10.6 Å². The number of hydrogen-bond donors (Lipinski definition) is 3. The second kappa shape index (κ2) is 10.0. The summed E-state index contributed by atoms with van der Waals surface area (Å²) in [5, 5.41) is 18.3. The first kappa shape index (κ1) is 21.5. The lowest BCUT2D eigenvalue weighted by Gasteiger charge is -2.26. The first-order valence-electron chi connectivity index (χ1n) is 10.1. The highest BCUT2D eigenvalue weighted by atomic mass is 32.2. The van der Waals surface area contributed by atoms with Gasteiger partial charge in [-0.15, -0.1) is 11.8 Å². The Bertz CT molecular complexity index is 786. The largest absolute Gasteiger partial charge is 0.508 e. The van der Waals surface area contributed by atoms with E-state index in [1.54, 1.807) is 12.1 Å². The molecular formula is C23H31N3O2S. The fourth-order valence-electron chi connectivity index (χ4n) is 3.71. The van der Waals surface area contributed by atoms with E-state index >= 15 is 0 Å². The molecule has 1 heterocycles. The molecule has 1 aromatic rings. The third kappa shape index (κ3) is 6.15. The van der Waals surface area contributed by atoms with E-state index in [9.17, 15) is 9.90 Å². The monoisotopic (exact) mass is 413 g/mol. The van der Waals surface area contributed by atoms with Gasteiger partial charge in [0.15, 0.2) is 0 Å². The summed E-state index contributed by atoms with van der Waals surface area (Å²) in [5.41, 5.74) is 2.53. The van der Waals surface area contributed by atoms with Crippen molar-refractivity contribution in [3.63, 3.8) is 0 Å². The van der Waals surface area contributed by atoms with E-state index in [4.69, 9.17) is 0 Å². The van der Waals surface area contributed by atoms with Crippen LogP contribution >= 0.6 is 11.8 Å². The van der Waals surface area contributed by atoms with Crippen LogP contribution in [0.25, 0.3) is 0 Å². The maximum absolute atomic E-state index is 12.4. The molecule has 1 aromatic carbocycles. The second-order valence-electron chi connectivity index (χ2n) is 8.04. The maximum atomic E-state index is 12.4. The number of fused-ring (bicyclic) bond motifs is 1. The summed E-state index contributed by atoms with van der Waals surface area (Å²) >= 11 is 1.86. The third-order valence-corrected chi connectivity index (χ3v) is 6.65. The number of hydrogen-bond acceptors (Lipinski definition) is 4. The SMILES string of the molecule is C[C@H](CC1=CSC2C=CC=CC12)NC(=O)NCC(Cc1ccc(O)cc1)N(C)C. The standard InChI is InChI=1S/C23H31N3O2S/c1-16(12-18-15-29-22-7-5-4-6-21(18)22)25-23(28)24-14-19(26(2)3)13-17-8-10-20(27)11-9-17/h4-11,15-16,19,21-22,27H,12-14H2,1-3H3,(H2,24,25,28)/t16-,19?,21?,22?/m1/s1. The summed E-state index contributed by atoms with van der Waals surface area (Å²) in [6, 6.07) is 7.36. The number of urea groups is 1. The smallest absolute Gasteiger partial charge is 0.315 e. The maximum Gasteiger partial charge on any atom is 0.315 e. The summed E-state index contributed by atoms with van der Waals surface area (Å²) in [7, 11) is 4.03. The molecule has 0 fully saturated rings. The van der Waals surface area contributed by atoms with Gasteiger partial charge in [-0.1, -0.05) is 42.0 Å². The Labute approximate surface area is 177 Å². The molecule has 6 heteroatoms. The second-order valence-corrected chi connectivity index (χ2v) is 9.09. The molecular weight excluding hydrogens is 382 g/mol. The Morgan fingerprint density at radius 2 is 1.90 bits per heavy atom. The Morgan fingerprint density at radius 3 is 2.62 bits per heavy atom. The molecule has 3 unspecified atom stereocenters. The minimum absolute atomic E-state index is 0.0785. The first-order valence-corrected chi connectivity index (χ1v) is 11.0. The number of amides is 2. The van der Waals surface area contributed by atoms with Gasteiger partial charge in [0.05, 0.1) is 0 Å². The van der Waals surface area contributed by atoms with E-state index in [2.05, 4.69) is 52.2 Å². The molecule has 0 saturated carbocycles. The van der Waals surface area contributed by atoms with Crippen molar-refractivity contribution in [3.8, 4) is 5.75 Å². The first-order chi connectivity index (χ1) is 13.9. The molecule has 3 N–H and O–H groups in total. The van der Waals surface area contributed by atoms with Gasteiger partial charge in [0.1, 0.15) is 5.75 Å². The average Bonchev–Trinajstić information content (AvgIpc) is 3.09. The molecule has 2 amide bonds. The van der Waals surface area contributed by atoms with Crippen molar-refractivity contribution < 1.29 is 9.90 Å². The van der Waals surface area contributed by atoms with Gasteiger partial charge in [-0.3, -0.25) is 0 Å². The average molecular weight is 414 g/mol. The number of carbonyl (C=O) groups is 1. The molecule has 29 heavy (non-hydrogen) atoms. The summed E-state index contributed by atoms with van der Waals surface area (Å²) in [6.45, 7) is 2.61. The van der Waals surface area contributed by atoms with Crippen LogP contribution in [0.5, 0.6) is 5.75 Å². The number of likely N-dealkylation sites (N-methyl/N-ethyl adjacent to an activating group) is 1. The zero-order valence-corrected chi connectivity index (χ0v) is 18.2. The fraction of sp³-hybridized carbons (Fsp3) is 0.435. The van der Waals surface area contributed by atoms with E-state index < -0.39 is 0 Å². The third-order valence-electron chi connectivity index (χ3n) is 5.44. The van der Waals surface area contributed by atoms with Crippen LogP contribution in [0.4, 0.5) is 4.79 Å². The summed E-state index contributed by atoms with van der Waals surface area (Å²) in [4.78, 5) is 14.5. The Kier molecular flexibility index (Phi) is 7.45. The number of nitrogens with zero attached hydrogens (tertiary/aromatic N) is 1. The molecule has 5 nitrogen and oxygen atoms in total. The molecule has 156 valence electrons. The molecule has 2 aliphatic rings. The van der Waals surface area contributed by atoms with E-state index in [0.717, 1.165) is 18.4 Å². The molecule has 0 aromatic heterocycles. The van der Waals surface area contributed by atoms with Gasteiger partial charge >= 0.3 is 6.03 Å². The normalized spacial score (nSPS) is 22.1. The highest BCUT2D eigenvalue weighted by molar-refractivity contribution is 8.03. The van der Waals surface area contributed by atoms with Crippen LogP contribution in [0.1, 0.15) is 18.9 Å². The minimum atomic E-state index is -0.128. The quantitative estimate of drug-likeness (QED) is 0.608. The van der Waals surface area contributed by atoms with Crippen LogP contribution in [0.15, 0.2) is 59.6 Å². The lowest BCUT2D eigenvalue weighted by atomic mass is 9.89. The number of aromatic hydroxyl groups is 1. The Balaban J connectivity index is 1.44. The molecule has 1 aliphatic heterocycles. The number of phenols is 1. The van der Waals surface area contributed by atoms with Crippen molar-refractivity contribution in [2.75, 3.05) is 20.6 Å². The minimum Gasteiger partial charge on any atom is -0.508 e. The van der Waals surface area contributed by atoms with Crippen LogP contribution in [-0.4, -0.2) is 54.0 Å². The van der Waals surface area contributed by atoms with Gasteiger partial charge in [-0.25, -0.2) is 4.79 Å². The topological polar surface area (TPSA) is 64.6 Å². The lowest BCUT2D eigenvalue weighted by Crippen LogP contribution is -2.47. The zero-order valence-electron chi connectivity index (χ0n) is 17.3. The van der Waals surface area contributed by atoms with Crippen LogP contribution in [0, 0.1) is 5.92 Å². The number of nitrogens with one attached hydrogen (secondary N) is 2. The molecule has 0 radical (unpaired) electrons. The highest BCUT2D eigenvalue weighted by Gasteiger charge is 2.28. The summed E-state index contributed by atoms with van der Waals surface area (Å²) < 4.78 is 0.